The van der Waals surface area contributed by atoms with Gasteiger partial charge in [0, 0.05) is 26.4 Å². The average Bonchev–Trinajstić information content (AvgIpc) is 3.18. The van der Waals surface area contributed by atoms with Crippen molar-refractivity contribution in [2.24, 2.45) is 0 Å². The first-order valence-corrected chi connectivity index (χ1v) is 11.3. The second-order valence-electron chi connectivity index (χ2n) is 7.67. The van der Waals surface area contributed by atoms with Gasteiger partial charge in [-0.1, -0.05) is 94.8 Å². The summed E-state index contributed by atoms with van der Waals surface area (Å²) in [5.41, 5.74) is 6.19. The van der Waals surface area contributed by atoms with Crippen molar-refractivity contribution in [2.45, 2.75) is 0 Å². The predicted octanol–water partition coefficient (Wildman–Crippen LogP) is 7.67. The molecule has 6 aromatic rings. The maximum Gasteiger partial charge on any atom is 0.159 e. The molecular weight excluding hydrogens is 458 g/mol. The number of hydrogen-bond acceptors (Lipinski definition) is 2. The van der Waals surface area contributed by atoms with Crippen LogP contribution in [-0.4, -0.2) is 14.5 Å². The Morgan fingerprint density at radius 2 is 1.28 bits per heavy atom. The molecule has 2 heterocycles. The van der Waals surface area contributed by atoms with E-state index in [2.05, 4.69) is 75.1 Å². The second-order valence-corrected chi connectivity index (χ2v) is 8.59. The molecule has 0 aliphatic rings. The van der Waals surface area contributed by atoms with Gasteiger partial charge in [0.2, 0.25) is 0 Å². The minimum absolute atomic E-state index is 0.719. The molecule has 0 bridgehead atoms. The third-order valence-corrected chi connectivity index (χ3v) is 6.22. The van der Waals surface area contributed by atoms with Gasteiger partial charge in [-0.25, -0.2) is 9.97 Å². The van der Waals surface area contributed by atoms with Crippen LogP contribution in [0.25, 0.3) is 50.1 Å². The Balaban J connectivity index is 1.70. The summed E-state index contributed by atoms with van der Waals surface area (Å²) in [6, 6.07) is 35.3. The lowest BCUT2D eigenvalue weighted by Crippen LogP contribution is -2.02. The summed E-state index contributed by atoms with van der Waals surface area (Å²) in [5.74, 6) is 0.719. The van der Waals surface area contributed by atoms with Crippen LogP contribution >= 0.6 is 15.9 Å². The highest BCUT2D eigenvalue weighted by atomic mass is 79.9. The summed E-state index contributed by atoms with van der Waals surface area (Å²) in [6.45, 7) is 0. The third-order valence-electron chi connectivity index (χ3n) is 5.72. The van der Waals surface area contributed by atoms with Crippen molar-refractivity contribution in [3.8, 4) is 28.3 Å². The van der Waals surface area contributed by atoms with E-state index >= 15 is 0 Å². The quantitative estimate of drug-likeness (QED) is 0.262. The van der Waals surface area contributed by atoms with E-state index in [0.29, 0.717) is 0 Å². The van der Waals surface area contributed by atoms with Gasteiger partial charge >= 0.3 is 0 Å². The highest BCUT2D eigenvalue weighted by molar-refractivity contribution is 9.10. The van der Waals surface area contributed by atoms with E-state index in [0.717, 1.165) is 43.8 Å². The highest BCUT2D eigenvalue weighted by Gasteiger charge is 2.18. The summed E-state index contributed by atoms with van der Waals surface area (Å²) < 4.78 is 3.33. The lowest BCUT2D eigenvalue weighted by atomic mass is 10.1. The Morgan fingerprint density at radius 3 is 2.06 bits per heavy atom. The lowest BCUT2D eigenvalue weighted by molar-refractivity contribution is 1.09. The van der Waals surface area contributed by atoms with E-state index in [4.69, 9.17) is 9.97 Å². The molecule has 32 heavy (non-hydrogen) atoms. The van der Waals surface area contributed by atoms with Crippen LogP contribution in [0.5, 0.6) is 0 Å². The largest absolute Gasteiger partial charge is 0.306 e. The Morgan fingerprint density at radius 1 is 0.625 bits per heavy atom. The molecule has 2 aromatic heterocycles. The van der Waals surface area contributed by atoms with E-state index < -0.39 is 0 Å². The molecular formula is C28H18BrN3. The molecule has 0 saturated carbocycles. The maximum atomic E-state index is 5.06. The van der Waals surface area contributed by atoms with Gasteiger partial charge in [-0.15, -0.1) is 0 Å². The van der Waals surface area contributed by atoms with Crippen molar-refractivity contribution < 1.29 is 0 Å². The first-order chi connectivity index (χ1) is 15.8. The molecule has 4 aromatic carbocycles. The molecule has 0 saturated heterocycles. The van der Waals surface area contributed by atoms with Crippen molar-refractivity contribution in [1.82, 2.24) is 14.5 Å². The van der Waals surface area contributed by atoms with E-state index in [1.165, 1.54) is 10.8 Å². The van der Waals surface area contributed by atoms with Gasteiger partial charge < -0.3 is 4.57 Å². The van der Waals surface area contributed by atoms with Crippen LogP contribution < -0.4 is 0 Å². The van der Waals surface area contributed by atoms with Crippen LogP contribution in [0.15, 0.2) is 114 Å². The number of nitrogens with zero attached hydrogens (tertiary/aromatic N) is 3. The Kier molecular flexibility index (Phi) is 4.58. The van der Waals surface area contributed by atoms with Gasteiger partial charge in [-0.05, 0) is 24.3 Å². The molecule has 6 rings (SSSR count). The van der Waals surface area contributed by atoms with Crippen molar-refractivity contribution >= 4 is 37.7 Å². The van der Waals surface area contributed by atoms with Gasteiger partial charge in [0.1, 0.15) is 0 Å². The summed E-state index contributed by atoms with van der Waals surface area (Å²) in [6.07, 6.45) is 1.95. The maximum absolute atomic E-state index is 5.06. The van der Waals surface area contributed by atoms with E-state index in [1.807, 2.05) is 54.7 Å². The summed E-state index contributed by atoms with van der Waals surface area (Å²) >= 11 is 3.64. The van der Waals surface area contributed by atoms with Gasteiger partial charge in [0.05, 0.1) is 28.6 Å². The first-order valence-electron chi connectivity index (χ1n) is 10.5. The zero-order chi connectivity index (χ0) is 21.5. The second kappa shape index (κ2) is 7.74. The monoisotopic (exact) mass is 475 g/mol. The summed E-state index contributed by atoms with van der Waals surface area (Å²) in [4.78, 5) is 9.84. The number of fused-ring (bicyclic) bond motifs is 3. The van der Waals surface area contributed by atoms with Crippen molar-refractivity contribution in [2.75, 3.05) is 0 Å². The fourth-order valence-electron chi connectivity index (χ4n) is 4.28. The number of hydrogen-bond donors (Lipinski definition) is 0. The van der Waals surface area contributed by atoms with Crippen LogP contribution in [0.1, 0.15) is 0 Å². The zero-order valence-electron chi connectivity index (χ0n) is 17.1. The minimum atomic E-state index is 0.719. The fraction of sp³-hybridized carbons (Fsp3) is 0. The molecule has 3 nitrogen and oxygen atoms in total. The zero-order valence-corrected chi connectivity index (χ0v) is 18.7. The predicted molar refractivity (Wildman–Crippen MR) is 135 cm³/mol. The van der Waals surface area contributed by atoms with Crippen molar-refractivity contribution in [3.05, 3.63) is 114 Å². The Bertz CT molecular complexity index is 1570. The van der Waals surface area contributed by atoms with Crippen molar-refractivity contribution in [1.29, 1.82) is 0 Å². The third kappa shape index (κ3) is 3.12. The summed E-state index contributed by atoms with van der Waals surface area (Å²) in [5, 5.41) is 2.40. The van der Waals surface area contributed by atoms with E-state index in [9.17, 15) is 0 Å². The van der Waals surface area contributed by atoms with Gasteiger partial charge in [-0.3, -0.25) is 0 Å². The van der Waals surface area contributed by atoms with Crippen molar-refractivity contribution in [3.63, 3.8) is 0 Å². The van der Waals surface area contributed by atoms with Crippen LogP contribution in [0.3, 0.4) is 0 Å². The molecule has 152 valence electrons. The fourth-order valence-corrected chi connectivity index (χ4v) is 4.64. The molecule has 0 fully saturated rings. The van der Waals surface area contributed by atoms with Gasteiger partial charge in [-0.2, -0.15) is 0 Å². The normalized spacial score (nSPS) is 11.3. The molecule has 0 amide bonds. The standard InChI is InChI=1S/C28H18BrN3/c29-21-15-16-25-23(17-21)22-13-7-8-14-24(22)32(25)26-18-30-28(20-11-5-2-6-12-20)31-27(26)19-9-3-1-4-10-19/h1-18H. The topological polar surface area (TPSA) is 30.7 Å². The van der Waals surface area contributed by atoms with Crippen LogP contribution in [0.4, 0.5) is 0 Å². The Hall–Kier alpha value is -3.76. The molecule has 0 unspecified atom stereocenters. The smallest absolute Gasteiger partial charge is 0.159 e. The van der Waals surface area contributed by atoms with Crippen LogP contribution in [-0.2, 0) is 0 Å². The molecule has 0 spiro atoms. The highest BCUT2D eigenvalue weighted by Crippen LogP contribution is 2.36. The molecule has 0 radical (unpaired) electrons. The molecule has 4 heteroatoms. The minimum Gasteiger partial charge on any atom is -0.306 e. The number of halogens is 1. The summed E-state index contributed by atoms with van der Waals surface area (Å²) in [7, 11) is 0. The molecule has 0 N–H and O–H groups in total. The number of para-hydroxylation sites is 1. The molecule has 0 atom stereocenters. The van der Waals surface area contributed by atoms with E-state index in [-0.39, 0.29) is 0 Å². The SMILES string of the molecule is Brc1ccc2c(c1)c1ccccc1n2-c1cnc(-c2ccccc2)nc1-c1ccccc1. The van der Waals surface area contributed by atoms with Crippen LogP contribution in [0, 0.1) is 0 Å². The van der Waals surface area contributed by atoms with Gasteiger partial charge in [0.15, 0.2) is 5.82 Å². The number of aromatic nitrogens is 3. The number of rotatable bonds is 3. The van der Waals surface area contributed by atoms with Gasteiger partial charge in [0.25, 0.3) is 0 Å². The van der Waals surface area contributed by atoms with E-state index in [1.54, 1.807) is 0 Å². The van der Waals surface area contributed by atoms with Crippen LogP contribution in [0.2, 0.25) is 0 Å². The number of benzene rings is 4. The Labute approximate surface area is 194 Å². The molecule has 0 aliphatic carbocycles. The average molecular weight is 476 g/mol. The molecule has 0 aliphatic heterocycles. The lowest BCUT2D eigenvalue weighted by Gasteiger charge is -2.14. The first kappa shape index (κ1) is 19.0.